The molecule has 0 spiro atoms. The van der Waals surface area contributed by atoms with Crippen molar-refractivity contribution in [1.29, 1.82) is 0 Å². The van der Waals surface area contributed by atoms with E-state index in [1.54, 1.807) is 0 Å². The van der Waals surface area contributed by atoms with Gasteiger partial charge in [-0.1, -0.05) is 51.9 Å². The Hall–Kier alpha value is -0.875. The lowest BCUT2D eigenvalue weighted by Crippen LogP contribution is -2.23. The molecule has 0 fully saturated rings. The SMILES string of the molecule is CCCCCCCCCCN1C=CN(C)C1.F[B-](F)(F)F.[H+]. The van der Waals surface area contributed by atoms with Crippen molar-refractivity contribution < 1.29 is 18.7 Å². The molecule has 0 aromatic carbocycles. The van der Waals surface area contributed by atoms with Gasteiger partial charge in [-0.05, 0) is 6.42 Å². The number of nitrogens with zero attached hydrogens (tertiary/aromatic N) is 2. The van der Waals surface area contributed by atoms with Crippen LogP contribution in [-0.4, -0.2) is 37.3 Å². The van der Waals surface area contributed by atoms with Crippen molar-refractivity contribution in [2.45, 2.75) is 58.3 Å². The molecule has 0 saturated carbocycles. The van der Waals surface area contributed by atoms with Gasteiger partial charge in [-0.15, -0.1) is 0 Å². The van der Waals surface area contributed by atoms with Crippen LogP contribution in [0.4, 0.5) is 17.3 Å². The van der Waals surface area contributed by atoms with E-state index in [0.29, 0.717) is 0 Å². The quantitative estimate of drug-likeness (QED) is 0.327. The highest BCUT2D eigenvalue weighted by atomic mass is 19.5. The molecule has 1 rings (SSSR count). The summed E-state index contributed by atoms with van der Waals surface area (Å²) in [4.78, 5) is 4.63. The molecular formula is C14H29BF4N2. The molecule has 1 aliphatic rings. The molecule has 2 nitrogen and oxygen atoms in total. The van der Waals surface area contributed by atoms with Gasteiger partial charge >= 0.3 is 8.68 Å². The molecule has 0 N–H and O–H groups in total. The van der Waals surface area contributed by atoms with Crippen molar-refractivity contribution in [2.24, 2.45) is 0 Å². The second-order valence-electron chi connectivity index (χ2n) is 5.48. The van der Waals surface area contributed by atoms with Gasteiger partial charge in [-0.25, -0.2) is 0 Å². The third-order valence-electron chi connectivity index (χ3n) is 3.24. The minimum absolute atomic E-state index is 0. The highest BCUT2D eigenvalue weighted by molar-refractivity contribution is 6.50. The Morgan fingerprint density at radius 1 is 0.905 bits per heavy atom. The molecule has 0 bridgehead atoms. The van der Waals surface area contributed by atoms with Gasteiger partial charge in [0.25, 0.3) is 0 Å². The Bertz CT molecular complexity index is 272. The fraction of sp³-hybridized carbons (Fsp3) is 0.857. The molecule has 0 amide bonds. The predicted molar refractivity (Wildman–Crippen MR) is 82.4 cm³/mol. The van der Waals surface area contributed by atoms with Crippen LogP contribution in [0.1, 0.15) is 59.7 Å². The Balaban J connectivity index is 0. The van der Waals surface area contributed by atoms with Crippen LogP contribution < -0.4 is 0 Å². The zero-order valence-corrected chi connectivity index (χ0v) is 13.2. The van der Waals surface area contributed by atoms with Crippen LogP contribution in [0.2, 0.25) is 0 Å². The fourth-order valence-electron chi connectivity index (χ4n) is 2.18. The summed E-state index contributed by atoms with van der Waals surface area (Å²) in [5.74, 6) is 0. The van der Waals surface area contributed by atoms with E-state index in [1.807, 2.05) is 0 Å². The van der Waals surface area contributed by atoms with Crippen molar-refractivity contribution >= 4 is 7.25 Å². The highest BCUT2D eigenvalue weighted by Crippen LogP contribution is 2.10. The molecule has 21 heavy (non-hydrogen) atoms. The summed E-state index contributed by atoms with van der Waals surface area (Å²) in [6, 6.07) is 0. The molecule has 0 saturated heterocycles. The lowest BCUT2D eigenvalue weighted by molar-refractivity contribution is 0.290. The lowest BCUT2D eigenvalue weighted by atomic mass is 10.1. The first-order valence-electron chi connectivity index (χ1n) is 7.83. The van der Waals surface area contributed by atoms with E-state index < -0.39 is 7.25 Å². The van der Waals surface area contributed by atoms with Crippen LogP contribution >= 0.6 is 0 Å². The molecule has 0 aliphatic carbocycles. The molecule has 0 aromatic rings. The van der Waals surface area contributed by atoms with E-state index in [0.717, 1.165) is 6.67 Å². The summed E-state index contributed by atoms with van der Waals surface area (Å²) in [6.07, 6.45) is 15.7. The molecule has 0 atom stereocenters. The van der Waals surface area contributed by atoms with Crippen molar-refractivity contribution in [2.75, 3.05) is 20.3 Å². The Morgan fingerprint density at radius 2 is 1.38 bits per heavy atom. The van der Waals surface area contributed by atoms with E-state index in [1.165, 1.54) is 57.9 Å². The van der Waals surface area contributed by atoms with Gasteiger partial charge in [0, 0.05) is 26.0 Å². The third kappa shape index (κ3) is 17.1. The third-order valence-corrected chi connectivity index (χ3v) is 3.24. The van der Waals surface area contributed by atoms with E-state index in [9.17, 15) is 17.3 Å². The maximum Gasteiger partial charge on any atom is 1.00 e. The fourth-order valence-corrected chi connectivity index (χ4v) is 2.18. The van der Waals surface area contributed by atoms with Crippen molar-refractivity contribution in [3.8, 4) is 0 Å². The minimum atomic E-state index is -6.00. The van der Waals surface area contributed by atoms with Crippen LogP contribution in [0.5, 0.6) is 0 Å². The van der Waals surface area contributed by atoms with Gasteiger partial charge in [-0.3, -0.25) is 0 Å². The number of hydrogen-bond donors (Lipinski definition) is 0. The zero-order valence-electron chi connectivity index (χ0n) is 14.2. The number of hydrogen-bond acceptors (Lipinski definition) is 2. The van der Waals surface area contributed by atoms with Crippen LogP contribution in [-0.2, 0) is 0 Å². The van der Waals surface area contributed by atoms with Crippen molar-refractivity contribution in [3.05, 3.63) is 12.4 Å². The van der Waals surface area contributed by atoms with Crippen LogP contribution in [0.15, 0.2) is 12.4 Å². The monoisotopic (exact) mass is 312 g/mol. The zero-order chi connectivity index (χ0) is 16.1. The molecule has 7 heteroatoms. The number of unbranched alkanes of at least 4 members (excludes halogenated alkanes) is 7. The average molecular weight is 312 g/mol. The standard InChI is InChI=1S/C14H28N2.BF4/c1-3-4-5-6-7-8-9-10-11-16-13-12-15(2)14-16;2-1(3,4)5/h12-13H,3-11,14H2,1-2H3;/q;-1/p+1. The summed E-state index contributed by atoms with van der Waals surface area (Å²) in [7, 11) is -3.87. The molecular weight excluding hydrogens is 283 g/mol. The van der Waals surface area contributed by atoms with Gasteiger partial charge in [0.2, 0.25) is 0 Å². The topological polar surface area (TPSA) is 6.48 Å². The second-order valence-corrected chi connectivity index (χ2v) is 5.48. The molecule has 0 aromatic heterocycles. The number of rotatable bonds is 9. The molecule has 126 valence electrons. The van der Waals surface area contributed by atoms with Crippen LogP contribution in [0, 0.1) is 0 Å². The molecule has 0 radical (unpaired) electrons. The Labute approximate surface area is 127 Å². The first-order valence-corrected chi connectivity index (χ1v) is 7.83. The molecule has 1 heterocycles. The highest BCUT2D eigenvalue weighted by Gasteiger charge is 2.20. The van der Waals surface area contributed by atoms with Gasteiger partial charge < -0.3 is 27.1 Å². The summed E-state index contributed by atoms with van der Waals surface area (Å²) >= 11 is 0. The summed E-state index contributed by atoms with van der Waals surface area (Å²) in [5.41, 5.74) is 0. The van der Waals surface area contributed by atoms with E-state index >= 15 is 0 Å². The first-order chi connectivity index (χ1) is 9.83. The maximum absolute atomic E-state index is 9.75. The average Bonchev–Trinajstić information content (AvgIpc) is 2.76. The summed E-state index contributed by atoms with van der Waals surface area (Å²) in [6.45, 7) is 4.59. The minimum Gasteiger partial charge on any atom is -0.418 e. The maximum atomic E-state index is 9.75. The van der Waals surface area contributed by atoms with Gasteiger partial charge in [0.15, 0.2) is 0 Å². The van der Waals surface area contributed by atoms with Crippen LogP contribution in [0.25, 0.3) is 0 Å². The lowest BCUT2D eigenvalue weighted by Gasteiger charge is -2.17. The van der Waals surface area contributed by atoms with E-state index in [4.69, 9.17) is 0 Å². The normalized spacial score (nSPS) is 14.4. The van der Waals surface area contributed by atoms with Crippen molar-refractivity contribution in [1.82, 2.24) is 9.80 Å². The van der Waals surface area contributed by atoms with Gasteiger partial charge in [-0.2, -0.15) is 0 Å². The predicted octanol–water partition coefficient (Wildman–Crippen LogP) is 5.22. The van der Waals surface area contributed by atoms with E-state index in [2.05, 4.69) is 36.2 Å². The summed E-state index contributed by atoms with van der Waals surface area (Å²) in [5, 5.41) is 0. The van der Waals surface area contributed by atoms with E-state index in [-0.39, 0.29) is 1.43 Å². The smallest absolute Gasteiger partial charge is 0.418 e. The Morgan fingerprint density at radius 3 is 1.81 bits per heavy atom. The van der Waals surface area contributed by atoms with Crippen molar-refractivity contribution in [3.63, 3.8) is 0 Å². The first kappa shape index (κ1) is 20.1. The van der Waals surface area contributed by atoms with Gasteiger partial charge in [0.05, 0.1) is 6.67 Å². The number of halogens is 4. The largest absolute Gasteiger partial charge is 1.00 e. The molecule has 0 unspecified atom stereocenters. The van der Waals surface area contributed by atoms with Crippen LogP contribution in [0.3, 0.4) is 0 Å². The second kappa shape index (κ2) is 11.7. The summed E-state index contributed by atoms with van der Waals surface area (Å²) < 4.78 is 39.0. The van der Waals surface area contributed by atoms with Gasteiger partial charge in [0.1, 0.15) is 0 Å². The Kier molecular flexibility index (Phi) is 11.3. The molecule has 1 aliphatic heterocycles.